The third-order valence-electron chi connectivity index (χ3n) is 4.54. The number of rotatable bonds is 5. The van der Waals surface area contributed by atoms with E-state index < -0.39 is 0 Å². The summed E-state index contributed by atoms with van der Waals surface area (Å²) in [5.41, 5.74) is 2.27. The lowest BCUT2D eigenvalue weighted by atomic mass is 10.0. The molecule has 0 radical (unpaired) electrons. The summed E-state index contributed by atoms with van der Waals surface area (Å²) in [7, 11) is 0. The Hall–Kier alpha value is -2.53. The zero-order chi connectivity index (χ0) is 16.2. The van der Waals surface area contributed by atoms with Crippen molar-refractivity contribution in [1.82, 2.24) is 20.0 Å². The summed E-state index contributed by atoms with van der Waals surface area (Å²) in [5, 5.41) is 4.08. The minimum absolute atomic E-state index is 0.543. The standard InChI is InChI=1S/C19H20N4O/c1-2-6-15(7-3-1)12-17-9-5-11-23(17)14-18-21-19(22-24-18)16-8-4-10-20-13-16/h1-4,6-8,10,13,17H,5,9,11-12,14H2/t17-/m1/s1. The van der Waals surface area contributed by atoms with Crippen LogP contribution in [0.4, 0.5) is 0 Å². The Bertz CT molecular complexity index is 772. The summed E-state index contributed by atoms with van der Waals surface area (Å²) >= 11 is 0. The van der Waals surface area contributed by atoms with Crippen LogP contribution in [0, 0.1) is 0 Å². The molecule has 0 unspecified atom stereocenters. The van der Waals surface area contributed by atoms with Crippen molar-refractivity contribution in [2.24, 2.45) is 0 Å². The molecular weight excluding hydrogens is 300 g/mol. The van der Waals surface area contributed by atoms with Crippen LogP contribution in [-0.4, -0.2) is 32.6 Å². The van der Waals surface area contributed by atoms with Crippen molar-refractivity contribution in [3.05, 3.63) is 66.3 Å². The van der Waals surface area contributed by atoms with Gasteiger partial charge < -0.3 is 4.52 Å². The second-order valence-corrected chi connectivity index (χ2v) is 6.21. The molecule has 24 heavy (non-hydrogen) atoms. The van der Waals surface area contributed by atoms with Gasteiger partial charge in [0.25, 0.3) is 0 Å². The van der Waals surface area contributed by atoms with Crippen molar-refractivity contribution in [2.75, 3.05) is 6.54 Å². The predicted octanol–water partition coefficient (Wildman–Crippen LogP) is 3.34. The maximum Gasteiger partial charge on any atom is 0.241 e. The average Bonchev–Trinajstić information content (AvgIpc) is 3.27. The SMILES string of the molecule is c1ccc(C[C@H]2CCCN2Cc2nc(-c3cccnc3)no2)cc1. The molecule has 3 aromatic rings. The third kappa shape index (κ3) is 3.36. The summed E-state index contributed by atoms with van der Waals surface area (Å²) in [6.45, 7) is 1.80. The lowest BCUT2D eigenvalue weighted by molar-refractivity contribution is 0.210. The Balaban J connectivity index is 1.44. The van der Waals surface area contributed by atoms with Crippen molar-refractivity contribution in [2.45, 2.75) is 31.8 Å². The lowest BCUT2D eigenvalue weighted by Crippen LogP contribution is -2.30. The topological polar surface area (TPSA) is 55.1 Å². The van der Waals surface area contributed by atoms with E-state index in [-0.39, 0.29) is 0 Å². The maximum atomic E-state index is 5.45. The largest absolute Gasteiger partial charge is 0.338 e. The Morgan fingerprint density at radius 2 is 2.04 bits per heavy atom. The number of hydrogen-bond donors (Lipinski definition) is 0. The maximum absolute atomic E-state index is 5.45. The monoisotopic (exact) mass is 320 g/mol. The molecule has 1 fully saturated rings. The highest BCUT2D eigenvalue weighted by Crippen LogP contribution is 2.23. The van der Waals surface area contributed by atoms with Crippen molar-refractivity contribution in [3.63, 3.8) is 0 Å². The predicted molar refractivity (Wildman–Crippen MR) is 91.1 cm³/mol. The summed E-state index contributed by atoms with van der Waals surface area (Å²) < 4.78 is 5.45. The molecular formula is C19H20N4O. The van der Waals surface area contributed by atoms with Crippen LogP contribution in [0.2, 0.25) is 0 Å². The van der Waals surface area contributed by atoms with Crippen molar-refractivity contribution in [1.29, 1.82) is 0 Å². The van der Waals surface area contributed by atoms with E-state index in [1.54, 1.807) is 12.4 Å². The summed E-state index contributed by atoms with van der Waals surface area (Å²) in [4.78, 5) is 11.1. The lowest BCUT2D eigenvalue weighted by Gasteiger charge is -2.22. The smallest absolute Gasteiger partial charge is 0.241 e. The molecule has 3 heterocycles. The van der Waals surface area contributed by atoms with E-state index in [2.05, 4.69) is 50.4 Å². The van der Waals surface area contributed by atoms with Crippen LogP contribution < -0.4 is 0 Å². The van der Waals surface area contributed by atoms with Gasteiger partial charge in [0.05, 0.1) is 6.54 Å². The van der Waals surface area contributed by atoms with Gasteiger partial charge in [-0.1, -0.05) is 35.5 Å². The highest BCUT2D eigenvalue weighted by atomic mass is 16.5. The van der Waals surface area contributed by atoms with Crippen molar-refractivity contribution < 1.29 is 4.52 Å². The normalized spacial score (nSPS) is 18.1. The van der Waals surface area contributed by atoms with Crippen LogP contribution >= 0.6 is 0 Å². The third-order valence-corrected chi connectivity index (χ3v) is 4.54. The molecule has 0 saturated carbocycles. The van der Waals surface area contributed by atoms with Gasteiger partial charge in [-0.2, -0.15) is 4.98 Å². The molecule has 1 atom stereocenters. The molecule has 0 amide bonds. The molecule has 5 heteroatoms. The fraction of sp³-hybridized carbons (Fsp3) is 0.316. The molecule has 4 rings (SSSR count). The van der Waals surface area contributed by atoms with Gasteiger partial charge in [-0.25, -0.2) is 0 Å². The Kier molecular flexibility index (Phi) is 4.34. The van der Waals surface area contributed by atoms with Gasteiger partial charge in [0.15, 0.2) is 0 Å². The number of nitrogens with zero attached hydrogens (tertiary/aromatic N) is 4. The van der Waals surface area contributed by atoms with Crippen molar-refractivity contribution in [3.8, 4) is 11.4 Å². The summed E-state index contributed by atoms with van der Waals surface area (Å²) in [5.74, 6) is 1.28. The van der Waals surface area contributed by atoms with E-state index in [9.17, 15) is 0 Å². The van der Waals surface area contributed by atoms with Crippen LogP contribution in [0.1, 0.15) is 24.3 Å². The molecule has 1 saturated heterocycles. The second kappa shape index (κ2) is 6.93. The summed E-state index contributed by atoms with van der Waals surface area (Å²) in [6.07, 6.45) is 7.01. The molecule has 122 valence electrons. The van der Waals surface area contributed by atoms with Gasteiger partial charge in [-0.05, 0) is 43.5 Å². The first kappa shape index (κ1) is 15.0. The second-order valence-electron chi connectivity index (χ2n) is 6.21. The van der Waals surface area contributed by atoms with E-state index >= 15 is 0 Å². The minimum Gasteiger partial charge on any atom is -0.338 e. The van der Waals surface area contributed by atoms with Crippen LogP contribution in [0.3, 0.4) is 0 Å². The van der Waals surface area contributed by atoms with E-state index in [1.807, 2.05) is 12.1 Å². The quantitative estimate of drug-likeness (QED) is 0.721. The Morgan fingerprint density at radius 3 is 2.88 bits per heavy atom. The first-order valence-electron chi connectivity index (χ1n) is 8.39. The van der Waals surface area contributed by atoms with E-state index in [0.717, 1.165) is 18.5 Å². The minimum atomic E-state index is 0.543. The van der Waals surface area contributed by atoms with Crippen molar-refractivity contribution >= 4 is 0 Å². The zero-order valence-corrected chi connectivity index (χ0v) is 13.5. The van der Waals surface area contributed by atoms with Gasteiger partial charge in [0.1, 0.15) is 0 Å². The van der Waals surface area contributed by atoms with Gasteiger partial charge >= 0.3 is 0 Å². The number of likely N-dealkylation sites (tertiary alicyclic amines) is 1. The van der Waals surface area contributed by atoms with E-state index in [1.165, 1.54) is 18.4 Å². The molecule has 5 nitrogen and oxygen atoms in total. The molecule has 0 spiro atoms. The number of benzene rings is 1. The Labute approximate surface area is 141 Å². The number of hydrogen-bond acceptors (Lipinski definition) is 5. The summed E-state index contributed by atoms with van der Waals surface area (Å²) in [6, 6.07) is 15.0. The fourth-order valence-electron chi connectivity index (χ4n) is 3.33. The molecule has 0 aliphatic carbocycles. The first-order chi connectivity index (χ1) is 11.9. The van der Waals surface area contributed by atoms with Gasteiger partial charge in [0.2, 0.25) is 11.7 Å². The zero-order valence-electron chi connectivity index (χ0n) is 13.5. The molecule has 1 aliphatic rings. The van der Waals surface area contributed by atoms with Crippen LogP contribution in [0.25, 0.3) is 11.4 Å². The highest BCUT2D eigenvalue weighted by Gasteiger charge is 2.26. The highest BCUT2D eigenvalue weighted by molar-refractivity contribution is 5.51. The molecule has 1 aliphatic heterocycles. The molecule has 2 aromatic heterocycles. The van der Waals surface area contributed by atoms with E-state index in [0.29, 0.717) is 24.3 Å². The fourth-order valence-corrected chi connectivity index (χ4v) is 3.33. The first-order valence-corrected chi connectivity index (χ1v) is 8.39. The van der Waals surface area contributed by atoms with E-state index in [4.69, 9.17) is 4.52 Å². The molecule has 1 aromatic carbocycles. The van der Waals surface area contributed by atoms with Gasteiger partial charge in [0, 0.05) is 24.0 Å². The number of pyridine rings is 1. The molecule has 0 bridgehead atoms. The Morgan fingerprint density at radius 1 is 1.12 bits per heavy atom. The van der Waals surface area contributed by atoms with Crippen LogP contribution in [0.15, 0.2) is 59.4 Å². The van der Waals surface area contributed by atoms with Crippen LogP contribution in [-0.2, 0) is 13.0 Å². The van der Waals surface area contributed by atoms with Gasteiger partial charge in [-0.3, -0.25) is 9.88 Å². The average molecular weight is 320 g/mol. The van der Waals surface area contributed by atoms with Crippen LogP contribution in [0.5, 0.6) is 0 Å². The van der Waals surface area contributed by atoms with Gasteiger partial charge in [-0.15, -0.1) is 0 Å². The number of aromatic nitrogens is 3. The molecule has 0 N–H and O–H groups in total.